The van der Waals surface area contributed by atoms with Crippen LogP contribution in [-0.4, -0.2) is 49.8 Å². The quantitative estimate of drug-likeness (QED) is 0.577. The van der Waals surface area contributed by atoms with Gasteiger partial charge in [0.15, 0.2) is 0 Å². The van der Waals surface area contributed by atoms with Crippen LogP contribution in [0.2, 0.25) is 10.0 Å². The maximum absolute atomic E-state index is 14.7. The van der Waals surface area contributed by atoms with Gasteiger partial charge in [0.2, 0.25) is 0 Å². The molecule has 0 bridgehead atoms. The van der Waals surface area contributed by atoms with Crippen LogP contribution < -0.4 is 10.0 Å². The summed E-state index contributed by atoms with van der Waals surface area (Å²) in [7, 11) is -3.58. The van der Waals surface area contributed by atoms with Gasteiger partial charge in [-0.15, -0.1) is 0 Å². The second-order valence-corrected chi connectivity index (χ2v) is 10.2. The van der Waals surface area contributed by atoms with E-state index in [4.69, 9.17) is 23.2 Å². The molecule has 2 aromatic rings. The maximum Gasteiger partial charge on any atom is 0.279 e. The molecule has 3 rings (SSSR count). The molecule has 1 aromatic heterocycles. The molecule has 1 aliphatic heterocycles. The second-order valence-electron chi connectivity index (χ2n) is 7.65. The van der Waals surface area contributed by atoms with Crippen molar-refractivity contribution in [2.24, 2.45) is 0 Å². The average Bonchev–Trinajstić information content (AvgIpc) is 2.74. The minimum absolute atomic E-state index is 0.225. The number of hydrogen-bond acceptors (Lipinski definition) is 4. The average molecular weight is 503 g/mol. The van der Waals surface area contributed by atoms with Crippen molar-refractivity contribution in [2.75, 3.05) is 26.2 Å². The number of benzene rings is 1. The minimum Gasteiger partial charge on any atom is -0.352 e. The Morgan fingerprint density at radius 3 is 2.59 bits per heavy atom. The third kappa shape index (κ3) is 5.58. The van der Waals surface area contributed by atoms with E-state index in [2.05, 4.69) is 15.0 Å². The summed E-state index contributed by atoms with van der Waals surface area (Å²) in [6, 6.07) is 7.47. The minimum atomic E-state index is -3.58. The van der Waals surface area contributed by atoms with Crippen LogP contribution in [0.15, 0.2) is 36.5 Å². The Morgan fingerprint density at radius 2 is 1.97 bits per heavy atom. The molecule has 174 valence electrons. The summed E-state index contributed by atoms with van der Waals surface area (Å²) >= 11 is 12.0. The van der Waals surface area contributed by atoms with Crippen molar-refractivity contribution in [3.8, 4) is 0 Å². The SMILES string of the molecule is CCNS(=O)(=O)N1CCC(CCNC(=O)c2ccc(Cl)cc2Cl)(c2ncccc2F)CC1. The largest absolute Gasteiger partial charge is 0.352 e. The number of rotatable bonds is 8. The Balaban J connectivity index is 1.75. The fraction of sp³-hybridized carbons (Fsp3) is 0.429. The highest BCUT2D eigenvalue weighted by Crippen LogP contribution is 2.39. The van der Waals surface area contributed by atoms with Crippen LogP contribution in [0.4, 0.5) is 4.39 Å². The first-order chi connectivity index (χ1) is 15.2. The fourth-order valence-corrected chi connectivity index (χ4v) is 5.70. The van der Waals surface area contributed by atoms with Gasteiger partial charge < -0.3 is 5.32 Å². The van der Waals surface area contributed by atoms with Crippen LogP contribution in [0.1, 0.15) is 42.2 Å². The lowest BCUT2D eigenvalue weighted by molar-refractivity contribution is 0.0947. The number of piperidine rings is 1. The zero-order valence-electron chi connectivity index (χ0n) is 17.6. The number of carbonyl (C=O) groups excluding carboxylic acids is 1. The molecule has 11 heteroatoms. The summed E-state index contributed by atoms with van der Waals surface area (Å²) in [6.45, 7) is 2.70. The van der Waals surface area contributed by atoms with Gasteiger partial charge in [0, 0.05) is 42.8 Å². The zero-order valence-corrected chi connectivity index (χ0v) is 19.9. The normalized spacial score (nSPS) is 16.6. The molecule has 0 radical (unpaired) electrons. The first-order valence-corrected chi connectivity index (χ1v) is 12.5. The monoisotopic (exact) mass is 502 g/mol. The van der Waals surface area contributed by atoms with E-state index in [-0.39, 0.29) is 37.1 Å². The van der Waals surface area contributed by atoms with E-state index in [1.54, 1.807) is 13.0 Å². The van der Waals surface area contributed by atoms with Crippen molar-refractivity contribution < 1.29 is 17.6 Å². The lowest BCUT2D eigenvalue weighted by atomic mass is 9.73. The standard InChI is InChI=1S/C21H25Cl2FN4O3S/c1-2-27-32(30,31)28-12-8-21(9-13-28,19-18(24)4-3-10-25-19)7-11-26-20(29)16-6-5-15(22)14-17(16)23/h3-6,10,14,27H,2,7-9,11-13H2,1H3,(H,26,29). The molecule has 1 saturated heterocycles. The Labute approximate surface area is 197 Å². The smallest absolute Gasteiger partial charge is 0.279 e. The van der Waals surface area contributed by atoms with Crippen molar-refractivity contribution in [3.05, 3.63) is 63.6 Å². The number of hydrogen-bond donors (Lipinski definition) is 2. The number of carbonyl (C=O) groups is 1. The Bertz CT molecular complexity index is 1080. The van der Waals surface area contributed by atoms with E-state index in [1.165, 1.54) is 34.8 Å². The zero-order chi connectivity index (χ0) is 23.4. The molecule has 2 heterocycles. The van der Waals surface area contributed by atoms with Crippen molar-refractivity contribution >= 4 is 39.3 Å². The molecule has 1 amide bonds. The van der Waals surface area contributed by atoms with E-state index in [0.29, 0.717) is 35.5 Å². The molecule has 32 heavy (non-hydrogen) atoms. The third-order valence-electron chi connectivity index (χ3n) is 5.67. The Kier molecular flexibility index (Phi) is 8.11. The van der Waals surface area contributed by atoms with Crippen LogP contribution in [0.3, 0.4) is 0 Å². The van der Waals surface area contributed by atoms with Gasteiger partial charge in [-0.3, -0.25) is 9.78 Å². The van der Waals surface area contributed by atoms with E-state index >= 15 is 0 Å². The first-order valence-electron chi connectivity index (χ1n) is 10.3. The van der Waals surface area contributed by atoms with Crippen molar-refractivity contribution in [2.45, 2.75) is 31.6 Å². The highest BCUT2D eigenvalue weighted by molar-refractivity contribution is 7.87. The lowest BCUT2D eigenvalue weighted by Gasteiger charge is -2.41. The molecule has 0 unspecified atom stereocenters. The Morgan fingerprint density at radius 1 is 1.25 bits per heavy atom. The molecule has 0 saturated carbocycles. The molecular formula is C21H25Cl2FN4O3S. The highest BCUT2D eigenvalue weighted by Gasteiger charge is 2.41. The molecule has 1 aliphatic rings. The van der Waals surface area contributed by atoms with E-state index in [9.17, 15) is 17.6 Å². The van der Waals surface area contributed by atoms with Crippen molar-refractivity contribution in [1.82, 2.24) is 19.3 Å². The van der Waals surface area contributed by atoms with E-state index in [1.807, 2.05) is 0 Å². The van der Waals surface area contributed by atoms with Gasteiger partial charge in [-0.1, -0.05) is 30.1 Å². The molecule has 0 aliphatic carbocycles. The second kappa shape index (κ2) is 10.4. The number of nitrogens with one attached hydrogen (secondary N) is 2. The molecule has 0 atom stereocenters. The number of nitrogens with zero attached hydrogens (tertiary/aromatic N) is 2. The van der Waals surface area contributed by atoms with Gasteiger partial charge in [0.05, 0.1) is 16.3 Å². The highest BCUT2D eigenvalue weighted by atomic mass is 35.5. The van der Waals surface area contributed by atoms with E-state index < -0.39 is 21.4 Å². The van der Waals surface area contributed by atoms with Gasteiger partial charge in [-0.05, 0) is 49.6 Å². The lowest BCUT2D eigenvalue weighted by Crippen LogP contribution is -2.50. The molecule has 1 fully saturated rings. The number of halogens is 3. The van der Waals surface area contributed by atoms with Crippen LogP contribution in [0.5, 0.6) is 0 Å². The summed E-state index contributed by atoms with van der Waals surface area (Å²) in [5.41, 5.74) is -0.124. The number of amides is 1. The predicted octanol–water partition coefficient (Wildman–Crippen LogP) is 3.54. The number of pyridine rings is 1. The van der Waals surface area contributed by atoms with Gasteiger partial charge in [-0.2, -0.15) is 12.7 Å². The van der Waals surface area contributed by atoms with Gasteiger partial charge in [0.1, 0.15) is 5.82 Å². The van der Waals surface area contributed by atoms with Crippen molar-refractivity contribution in [1.29, 1.82) is 0 Å². The summed E-state index contributed by atoms with van der Waals surface area (Å²) < 4.78 is 43.3. The first kappa shape index (κ1) is 24.9. The summed E-state index contributed by atoms with van der Waals surface area (Å²) in [4.78, 5) is 16.8. The Hall–Kier alpha value is -1.78. The van der Waals surface area contributed by atoms with Crippen LogP contribution in [0.25, 0.3) is 0 Å². The predicted molar refractivity (Wildman–Crippen MR) is 123 cm³/mol. The summed E-state index contributed by atoms with van der Waals surface area (Å²) in [5, 5.41) is 3.49. The molecule has 2 N–H and O–H groups in total. The fourth-order valence-electron chi connectivity index (χ4n) is 3.99. The molecule has 1 aromatic carbocycles. The topological polar surface area (TPSA) is 91.4 Å². The van der Waals surface area contributed by atoms with Crippen LogP contribution >= 0.6 is 23.2 Å². The van der Waals surface area contributed by atoms with Gasteiger partial charge >= 0.3 is 0 Å². The summed E-state index contributed by atoms with van der Waals surface area (Å²) in [6.07, 6.45) is 2.67. The number of aromatic nitrogens is 1. The molecular weight excluding hydrogens is 478 g/mol. The molecule has 7 nitrogen and oxygen atoms in total. The summed E-state index contributed by atoms with van der Waals surface area (Å²) in [5.74, 6) is -0.807. The van der Waals surface area contributed by atoms with Crippen LogP contribution in [0, 0.1) is 5.82 Å². The van der Waals surface area contributed by atoms with Gasteiger partial charge in [-0.25, -0.2) is 9.11 Å². The van der Waals surface area contributed by atoms with Crippen LogP contribution in [-0.2, 0) is 15.6 Å². The maximum atomic E-state index is 14.7. The third-order valence-corrected chi connectivity index (χ3v) is 7.92. The van der Waals surface area contributed by atoms with E-state index in [0.717, 1.165) is 0 Å². The van der Waals surface area contributed by atoms with Crippen molar-refractivity contribution in [3.63, 3.8) is 0 Å². The molecule has 0 spiro atoms. The van der Waals surface area contributed by atoms with Gasteiger partial charge in [0.25, 0.3) is 16.1 Å².